The Morgan fingerprint density at radius 2 is 1.86 bits per heavy atom. The number of hydrogen-bond acceptors (Lipinski definition) is 3. The number of aryl methyl sites for hydroxylation is 1. The van der Waals surface area contributed by atoms with Crippen molar-refractivity contribution in [2.24, 2.45) is 5.92 Å². The Hall–Kier alpha value is -1.75. The van der Waals surface area contributed by atoms with E-state index in [1.807, 2.05) is 36.4 Å². The van der Waals surface area contributed by atoms with E-state index in [1.165, 1.54) is 31.5 Å². The molecule has 154 valence electrons. The van der Waals surface area contributed by atoms with Gasteiger partial charge in [-0.2, -0.15) is 0 Å². The molecule has 3 N–H and O–H groups in total. The summed E-state index contributed by atoms with van der Waals surface area (Å²) < 4.78 is 0. The molecule has 3 rings (SSSR count). The standard InChI is InChI=1S/C22H29N3O.2ClH/c1-17-5-4-14-25(15-17)16-18-8-11-20(12-9-18)24-22(26)13-10-19-6-2-3-7-21(19)23;;/h2-3,6-9,11-12,17H,4-5,10,13-16,23H2,1H3,(H,24,26);2*1H. The number of nitrogens with two attached hydrogens (primary N) is 1. The van der Waals surface area contributed by atoms with Crippen molar-refractivity contribution < 1.29 is 4.79 Å². The van der Waals surface area contributed by atoms with Crippen LogP contribution in [-0.4, -0.2) is 23.9 Å². The predicted molar refractivity (Wildman–Crippen MR) is 122 cm³/mol. The number of carbonyl (C=O) groups excluding carboxylic acids is 1. The molecule has 0 aromatic heterocycles. The van der Waals surface area contributed by atoms with Crippen molar-refractivity contribution in [3.8, 4) is 0 Å². The van der Waals surface area contributed by atoms with Gasteiger partial charge in [-0.3, -0.25) is 9.69 Å². The van der Waals surface area contributed by atoms with Crippen LogP contribution in [0.25, 0.3) is 0 Å². The molecule has 1 atom stereocenters. The molecule has 1 saturated heterocycles. The number of rotatable bonds is 6. The Labute approximate surface area is 180 Å². The van der Waals surface area contributed by atoms with Gasteiger partial charge in [0, 0.05) is 30.9 Å². The molecule has 1 amide bonds. The lowest BCUT2D eigenvalue weighted by Crippen LogP contribution is -2.33. The minimum absolute atomic E-state index is 0. The maximum atomic E-state index is 12.2. The van der Waals surface area contributed by atoms with E-state index >= 15 is 0 Å². The number of piperidine rings is 1. The molecule has 28 heavy (non-hydrogen) atoms. The SMILES string of the molecule is CC1CCCN(Cc2ccc(NC(=O)CCc3ccccc3N)cc2)C1.Cl.Cl. The number of amides is 1. The molecule has 0 saturated carbocycles. The highest BCUT2D eigenvalue weighted by atomic mass is 35.5. The maximum absolute atomic E-state index is 12.2. The van der Waals surface area contributed by atoms with Crippen molar-refractivity contribution in [1.82, 2.24) is 4.90 Å². The smallest absolute Gasteiger partial charge is 0.224 e. The van der Waals surface area contributed by atoms with Crippen molar-refractivity contribution in [3.63, 3.8) is 0 Å². The number of para-hydroxylation sites is 1. The minimum Gasteiger partial charge on any atom is -0.399 e. The van der Waals surface area contributed by atoms with E-state index < -0.39 is 0 Å². The zero-order chi connectivity index (χ0) is 18.4. The van der Waals surface area contributed by atoms with Crippen LogP contribution in [0.5, 0.6) is 0 Å². The summed E-state index contributed by atoms with van der Waals surface area (Å²) >= 11 is 0. The molecule has 1 aliphatic heterocycles. The molecular weight excluding hydrogens is 393 g/mol. The molecule has 1 aliphatic rings. The normalized spacial score (nSPS) is 16.5. The number of nitrogens with zero attached hydrogens (tertiary/aromatic N) is 1. The van der Waals surface area contributed by atoms with Crippen molar-refractivity contribution in [2.75, 3.05) is 24.1 Å². The van der Waals surface area contributed by atoms with E-state index in [0.29, 0.717) is 12.8 Å². The van der Waals surface area contributed by atoms with Crippen LogP contribution >= 0.6 is 24.8 Å². The van der Waals surface area contributed by atoms with E-state index in [1.54, 1.807) is 0 Å². The third-order valence-electron chi connectivity index (χ3n) is 5.06. The first-order valence-corrected chi connectivity index (χ1v) is 9.54. The molecule has 2 aromatic rings. The molecule has 0 aliphatic carbocycles. The lowest BCUT2D eigenvalue weighted by Gasteiger charge is -2.30. The van der Waals surface area contributed by atoms with E-state index in [0.717, 1.165) is 29.4 Å². The van der Waals surface area contributed by atoms with E-state index in [4.69, 9.17) is 5.73 Å². The van der Waals surface area contributed by atoms with Gasteiger partial charge in [-0.15, -0.1) is 24.8 Å². The number of likely N-dealkylation sites (tertiary alicyclic amines) is 1. The second kappa shape index (κ2) is 11.9. The van der Waals surface area contributed by atoms with Crippen LogP contribution in [0, 0.1) is 5.92 Å². The Balaban J connectivity index is 0.00000196. The van der Waals surface area contributed by atoms with Gasteiger partial charge in [-0.25, -0.2) is 0 Å². The number of carbonyl (C=O) groups is 1. The van der Waals surface area contributed by atoms with E-state index in [9.17, 15) is 4.79 Å². The highest BCUT2D eigenvalue weighted by molar-refractivity contribution is 5.90. The first-order valence-electron chi connectivity index (χ1n) is 9.54. The van der Waals surface area contributed by atoms with Gasteiger partial charge in [-0.1, -0.05) is 37.3 Å². The average Bonchev–Trinajstić information content (AvgIpc) is 2.63. The zero-order valence-electron chi connectivity index (χ0n) is 16.4. The van der Waals surface area contributed by atoms with Crippen LogP contribution in [0.4, 0.5) is 11.4 Å². The average molecular weight is 424 g/mol. The van der Waals surface area contributed by atoms with Crippen LogP contribution in [0.3, 0.4) is 0 Å². The van der Waals surface area contributed by atoms with E-state index in [-0.39, 0.29) is 30.7 Å². The van der Waals surface area contributed by atoms with Gasteiger partial charge in [0.1, 0.15) is 0 Å². The fraction of sp³-hybridized carbons (Fsp3) is 0.409. The van der Waals surface area contributed by atoms with Gasteiger partial charge in [0.15, 0.2) is 0 Å². The van der Waals surface area contributed by atoms with Crippen molar-refractivity contribution in [2.45, 2.75) is 39.2 Å². The quantitative estimate of drug-likeness (QED) is 0.648. The Bertz CT molecular complexity index is 737. The largest absolute Gasteiger partial charge is 0.399 e. The van der Waals surface area contributed by atoms with Crippen LogP contribution in [-0.2, 0) is 17.8 Å². The van der Waals surface area contributed by atoms with E-state index in [2.05, 4.69) is 29.3 Å². The topological polar surface area (TPSA) is 58.4 Å². The van der Waals surface area contributed by atoms with Crippen molar-refractivity contribution in [3.05, 3.63) is 59.7 Å². The summed E-state index contributed by atoms with van der Waals surface area (Å²) in [5, 5.41) is 2.98. The lowest BCUT2D eigenvalue weighted by atomic mass is 10.00. The predicted octanol–water partition coefficient (Wildman–Crippen LogP) is 4.92. The molecule has 1 fully saturated rings. The monoisotopic (exact) mass is 423 g/mol. The molecule has 4 nitrogen and oxygen atoms in total. The van der Waals surface area contributed by atoms with Gasteiger partial charge in [0.25, 0.3) is 0 Å². The van der Waals surface area contributed by atoms with Gasteiger partial charge in [0.2, 0.25) is 5.91 Å². The molecule has 0 bridgehead atoms. The fourth-order valence-electron chi connectivity index (χ4n) is 3.62. The highest BCUT2D eigenvalue weighted by Gasteiger charge is 2.16. The van der Waals surface area contributed by atoms with Crippen LogP contribution < -0.4 is 11.1 Å². The highest BCUT2D eigenvalue weighted by Crippen LogP contribution is 2.19. The number of benzene rings is 2. The zero-order valence-corrected chi connectivity index (χ0v) is 18.0. The molecule has 0 spiro atoms. The first kappa shape index (κ1) is 24.3. The number of halogens is 2. The lowest BCUT2D eigenvalue weighted by molar-refractivity contribution is -0.116. The third kappa shape index (κ3) is 7.34. The maximum Gasteiger partial charge on any atom is 0.224 e. The number of nitrogen functional groups attached to an aromatic ring is 1. The second-order valence-electron chi connectivity index (χ2n) is 7.43. The van der Waals surface area contributed by atoms with Gasteiger partial charge in [-0.05, 0) is 61.1 Å². The number of nitrogens with one attached hydrogen (secondary N) is 1. The van der Waals surface area contributed by atoms with Crippen LogP contribution in [0.2, 0.25) is 0 Å². The third-order valence-corrected chi connectivity index (χ3v) is 5.06. The van der Waals surface area contributed by atoms with Gasteiger partial charge < -0.3 is 11.1 Å². The second-order valence-corrected chi connectivity index (χ2v) is 7.43. The molecule has 1 heterocycles. The number of hydrogen-bond donors (Lipinski definition) is 2. The Morgan fingerprint density at radius 3 is 2.54 bits per heavy atom. The number of anilines is 2. The molecule has 6 heteroatoms. The molecule has 0 radical (unpaired) electrons. The summed E-state index contributed by atoms with van der Waals surface area (Å²) in [7, 11) is 0. The van der Waals surface area contributed by atoms with Crippen molar-refractivity contribution >= 4 is 42.1 Å². The summed E-state index contributed by atoms with van der Waals surface area (Å²) in [6.45, 7) is 5.69. The van der Waals surface area contributed by atoms with Crippen LogP contribution in [0.15, 0.2) is 48.5 Å². The van der Waals surface area contributed by atoms with Crippen LogP contribution in [0.1, 0.15) is 37.3 Å². The summed E-state index contributed by atoms with van der Waals surface area (Å²) in [6, 6.07) is 15.9. The summed E-state index contributed by atoms with van der Waals surface area (Å²) in [5.41, 5.74) is 9.85. The first-order chi connectivity index (χ1) is 12.6. The molecule has 2 aromatic carbocycles. The Kier molecular flexibility index (Phi) is 10.4. The molecular formula is C22H31Cl2N3O. The van der Waals surface area contributed by atoms with Gasteiger partial charge in [0.05, 0.1) is 0 Å². The summed E-state index contributed by atoms with van der Waals surface area (Å²) in [5.74, 6) is 0.812. The summed E-state index contributed by atoms with van der Waals surface area (Å²) in [6.07, 6.45) is 3.72. The van der Waals surface area contributed by atoms with Crippen molar-refractivity contribution in [1.29, 1.82) is 0 Å². The molecule has 1 unspecified atom stereocenters. The summed E-state index contributed by atoms with van der Waals surface area (Å²) in [4.78, 5) is 14.7. The minimum atomic E-state index is 0. The fourth-order valence-corrected chi connectivity index (χ4v) is 3.62. The Morgan fingerprint density at radius 1 is 1.14 bits per heavy atom. The van der Waals surface area contributed by atoms with Gasteiger partial charge >= 0.3 is 0 Å².